The van der Waals surface area contributed by atoms with Crippen LogP contribution in [0.1, 0.15) is 56.2 Å². The predicted molar refractivity (Wildman–Crippen MR) is 80.5 cm³/mol. The van der Waals surface area contributed by atoms with Gasteiger partial charge in [-0.1, -0.05) is 31.2 Å². The highest BCUT2D eigenvalue weighted by Gasteiger charge is 2.25. The highest BCUT2D eigenvalue weighted by molar-refractivity contribution is 5.85. The lowest BCUT2D eigenvalue weighted by molar-refractivity contribution is -0.122. The van der Waals surface area contributed by atoms with Crippen LogP contribution in [0.25, 0.3) is 0 Å². The summed E-state index contributed by atoms with van der Waals surface area (Å²) in [6.45, 7) is 4.11. The Morgan fingerprint density at radius 1 is 1.37 bits per heavy atom. The van der Waals surface area contributed by atoms with Crippen LogP contribution in [0.15, 0.2) is 24.3 Å². The van der Waals surface area contributed by atoms with Crippen molar-refractivity contribution in [1.29, 1.82) is 0 Å². The van der Waals surface area contributed by atoms with Crippen LogP contribution in [-0.2, 0) is 4.79 Å². The van der Waals surface area contributed by atoms with Crippen LogP contribution in [0, 0.1) is 0 Å². The minimum Gasteiger partial charge on any atom is -0.349 e. The van der Waals surface area contributed by atoms with Gasteiger partial charge < -0.3 is 11.1 Å². The van der Waals surface area contributed by atoms with E-state index in [1.807, 2.05) is 13.0 Å². The van der Waals surface area contributed by atoms with Crippen LogP contribution in [0.4, 0.5) is 0 Å². The highest BCUT2D eigenvalue weighted by Crippen LogP contribution is 2.36. The molecule has 3 N–H and O–H groups in total. The van der Waals surface area contributed by atoms with Crippen molar-refractivity contribution < 1.29 is 4.79 Å². The molecule has 2 rings (SSSR count). The van der Waals surface area contributed by atoms with Crippen LogP contribution in [0.2, 0.25) is 0 Å². The monoisotopic (exact) mass is 282 g/mol. The first-order valence-electron chi connectivity index (χ1n) is 6.71. The summed E-state index contributed by atoms with van der Waals surface area (Å²) in [7, 11) is 0. The van der Waals surface area contributed by atoms with E-state index in [9.17, 15) is 4.79 Å². The molecule has 19 heavy (non-hydrogen) atoms. The fourth-order valence-electron chi connectivity index (χ4n) is 2.70. The van der Waals surface area contributed by atoms with Gasteiger partial charge in [-0.05, 0) is 36.8 Å². The van der Waals surface area contributed by atoms with Gasteiger partial charge in [0, 0.05) is 12.5 Å². The third-order valence-corrected chi connectivity index (χ3v) is 3.63. The van der Waals surface area contributed by atoms with E-state index in [-0.39, 0.29) is 30.4 Å². The number of nitrogens with two attached hydrogens (primary N) is 1. The minimum absolute atomic E-state index is 0. The molecule has 3 nitrogen and oxygen atoms in total. The molecule has 106 valence electrons. The first-order chi connectivity index (χ1) is 8.58. The lowest BCUT2D eigenvalue weighted by Gasteiger charge is -2.30. The minimum atomic E-state index is -0.0808. The van der Waals surface area contributed by atoms with E-state index in [2.05, 4.69) is 30.4 Å². The summed E-state index contributed by atoms with van der Waals surface area (Å²) in [4.78, 5) is 11.8. The Bertz CT molecular complexity index is 434. The van der Waals surface area contributed by atoms with Gasteiger partial charge in [-0.2, -0.15) is 0 Å². The molecule has 1 amide bonds. The molecule has 3 unspecified atom stereocenters. The molecule has 1 aromatic rings. The average molecular weight is 283 g/mol. The van der Waals surface area contributed by atoms with Crippen LogP contribution in [0.5, 0.6) is 0 Å². The van der Waals surface area contributed by atoms with Gasteiger partial charge in [0.2, 0.25) is 5.91 Å². The van der Waals surface area contributed by atoms with Crippen LogP contribution in [0.3, 0.4) is 0 Å². The number of rotatable bonds is 3. The first-order valence-corrected chi connectivity index (χ1v) is 6.71. The van der Waals surface area contributed by atoms with E-state index in [0.717, 1.165) is 12.8 Å². The normalized spacial score (nSPS) is 22.9. The first kappa shape index (κ1) is 16.0. The van der Waals surface area contributed by atoms with Crippen LogP contribution in [-0.4, -0.2) is 11.9 Å². The van der Waals surface area contributed by atoms with Gasteiger partial charge in [0.1, 0.15) is 0 Å². The predicted octanol–water partition coefficient (Wildman–Crippen LogP) is 2.90. The van der Waals surface area contributed by atoms with E-state index in [0.29, 0.717) is 12.3 Å². The molecule has 0 radical (unpaired) electrons. The Kier molecular flexibility index (Phi) is 5.83. The highest BCUT2D eigenvalue weighted by atomic mass is 35.5. The Morgan fingerprint density at radius 3 is 2.63 bits per heavy atom. The van der Waals surface area contributed by atoms with E-state index in [1.54, 1.807) is 0 Å². The number of benzene rings is 1. The lowest BCUT2D eigenvalue weighted by Crippen LogP contribution is -2.34. The molecule has 0 heterocycles. The summed E-state index contributed by atoms with van der Waals surface area (Å²) in [5.74, 6) is 0.641. The quantitative estimate of drug-likeness (QED) is 0.896. The number of halogens is 1. The van der Waals surface area contributed by atoms with Crippen LogP contribution < -0.4 is 11.1 Å². The number of hydrogen-bond acceptors (Lipinski definition) is 2. The van der Waals surface area contributed by atoms with Gasteiger partial charge in [-0.15, -0.1) is 12.4 Å². The van der Waals surface area contributed by atoms with Crippen molar-refractivity contribution >= 4 is 18.3 Å². The molecular weight excluding hydrogens is 260 g/mol. The molecule has 0 saturated carbocycles. The van der Waals surface area contributed by atoms with Gasteiger partial charge in [-0.3, -0.25) is 4.79 Å². The second kappa shape index (κ2) is 6.92. The van der Waals surface area contributed by atoms with Crippen molar-refractivity contribution in [2.75, 3.05) is 0 Å². The number of fused-ring (bicyclic) bond motifs is 1. The smallest absolute Gasteiger partial charge is 0.222 e. The van der Waals surface area contributed by atoms with E-state index in [1.165, 1.54) is 11.1 Å². The second-order valence-electron chi connectivity index (χ2n) is 5.41. The van der Waals surface area contributed by atoms with Crippen molar-refractivity contribution in [2.24, 2.45) is 5.73 Å². The number of hydrogen-bond donors (Lipinski definition) is 2. The fourth-order valence-corrected chi connectivity index (χ4v) is 2.70. The molecular formula is C15H23ClN2O. The standard InChI is InChI=1S/C15H22N2O.ClH/c1-10-7-8-14(17-15(18)9-11(2)16)13-6-4-3-5-12(10)13;/h3-6,10-11,14H,7-9,16H2,1-2H3,(H,17,18);1H. The van der Waals surface area contributed by atoms with E-state index in [4.69, 9.17) is 5.73 Å². The third kappa shape index (κ3) is 3.95. The maximum atomic E-state index is 11.8. The van der Waals surface area contributed by atoms with Crippen LogP contribution >= 0.6 is 12.4 Å². The Balaban J connectivity index is 0.00000180. The number of carbonyl (C=O) groups is 1. The van der Waals surface area contributed by atoms with E-state index < -0.39 is 0 Å². The number of nitrogens with one attached hydrogen (secondary N) is 1. The van der Waals surface area contributed by atoms with Gasteiger partial charge in [0.05, 0.1) is 6.04 Å². The SMILES string of the molecule is CC(N)CC(=O)NC1CCC(C)c2ccccc21.Cl. The molecule has 1 aliphatic carbocycles. The van der Waals surface area contributed by atoms with Crippen molar-refractivity contribution in [3.8, 4) is 0 Å². The summed E-state index contributed by atoms with van der Waals surface area (Å²) in [6.07, 6.45) is 2.54. The summed E-state index contributed by atoms with van der Waals surface area (Å²) >= 11 is 0. The zero-order valence-electron chi connectivity index (χ0n) is 11.6. The zero-order chi connectivity index (χ0) is 13.1. The number of carbonyl (C=O) groups excluding carboxylic acids is 1. The van der Waals surface area contributed by atoms with E-state index >= 15 is 0 Å². The van der Waals surface area contributed by atoms with Crippen molar-refractivity contribution in [3.63, 3.8) is 0 Å². The molecule has 0 fully saturated rings. The maximum Gasteiger partial charge on any atom is 0.222 e. The van der Waals surface area contributed by atoms with Gasteiger partial charge in [-0.25, -0.2) is 0 Å². The molecule has 0 saturated heterocycles. The average Bonchev–Trinajstić information content (AvgIpc) is 2.32. The molecule has 4 heteroatoms. The molecule has 1 aliphatic rings. The Morgan fingerprint density at radius 2 is 2.00 bits per heavy atom. The topological polar surface area (TPSA) is 55.1 Å². The largest absolute Gasteiger partial charge is 0.349 e. The molecule has 3 atom stereocenters. The van der Waals surface area contributed by atoms with Crippen molar-refractivity contribution in [3.05, 3.63) is 35.4 Å². The van der Waals surface area contributed by atoms with Gasteiger partial charge >= 0.3 is 0 Å². The molecule has 1 aromatic carbocycles. The second-order valence-corrected chi connectivity index (χ2v) is 5.41. The lowest BCUT2D eigenvalue weighted by atomic mass is 9.81. The molecule has 0 aromatic heterocycles. The Labute approximate surface area is 121 Å². The summed E-state index contributed by atoms with van der Waals surface area (Å²) in [6, 6.07) is 8.49. The maximum absolute atomic E-state index is 11.8. The third-order valence-electron chi connectivity index (χ3n) is 3.63. The Hall–Kier alpha value is -1.06. The molecule has 0 spiro atoms. The van der Waals surface area contributed by atoms with Gasteiger partial charge in [0.25, 0.3) is 0 Å². The van der Waals surface area contributed by atoms with Crippen molar-refractivity contribution in [2.45, 2.75) is 51.1 Å². The summed E-state index contributed by atoms with van der Waals surface area (Å²) in [5.41, 5.74) is 8.30. The zero-order valence-corrected chi connectivity index (χ0v) is 12.4. The fraction of sp³-hybridized carbons (Fsp3) is 0.533. The summed E-state index contributed by atoms with van der Waals surface area (Å²) in [5, 5.41) is 3.11. The van der Waals surface area contributed by atoms with Crippen molar-refractivity contribution in [1.82, 2.24) is 5.32 Å². The molecule has 0 bridgehead atoms. The van der Waals surface area contributed by atoms with Gasteiger partial charge in [0.15, 0.2) is 0 Å². The number of amides is 1. The molecule has 0 aliphatic heterocycles. The summed E-state index contributed by atoms with van der Waals surface area (Å²) < 4.78 is 0.